The minimum absolute atomic E-state index is 0.282. The second-order valence-electron chi connectivity index (χ2n) is 5.18. The Morgan fingerprint density at radius 2 is 2.27 bits per heavy atom. The zero-order chi connectivity index (χ0) is 15.4. The van der Waals surface area contributed by atoms with Crippen LogP contribution >= 0.6 is 0 Å². The Morgan fingerprint density at radius 1 is 1.41 bits per heavy atom. The molecular weight excluding hydrogens is 282 g/mol. The predicted molar refractivity (Wildman–Crippen MR) is 80.7 cm³/mol. The van der Waals surface area contributed by atoms with Gasteiger partial charge in [-0.05, 0) is 11.6 Å². The van der Waals surface area contributed by atoms with Crippen LogP contribution in [0.4, 0.5) is 4.79 Å². The maximum absolute atomic E-state index is 12.1. The van der Waals surface area contributed by atoms with Gasteiger partial charge < -0.3 is 19.4 Å². The molecule has 1 aliphatic heterocycles. The van der Waals surface area contributed by atoms with Crippen molar-refractivity contribution in [2.45, 2.75) is 19.4 Å². The maximum Gasteiger partial charge on any atom is 0.410 e. The summed E-state index contributed by atoms with van der Waals surface area (Å²) in [4.78, 5) is 21.1. The number of ether oxygens (including phenoxy) is 2. The van der Waals surface area contributed by atoms with Gasteiger partial charge in [0.2, 0.25) is 0 Å². The number of para-hydroxylation sites is 1. The number of H-pyrrole nitrogens is 1. The molecule has 0 spiro atoms. The lowest BCUT2D eigenvalue weighted by Crippen LogP contribution is -2.36. The zero-order valence-electron chi connectivity index (χ0n) is 12.5. The number of hydrogen-bond donors (Lipinski definition) is 1. The number of fused-ring (bicyclic) bond motifs is 1. The predicted octanol–water partition coefficient (Wildman–Crippen LogP) is 2.16. The van der Waals surface area contributed by atoms with E-state index in [0.29, 0.717) is 26.1 Å². The fraction of sp³-hybridized carbons (Fsp3) is 0.375. The average molecular weight is 301 g/mol. The molecule has 2 heterocycles. The number of carbonyl (C=O) groups is 1. The van der Waals surface area contributed by atoms with Gasteiger partial charge in [-0.3, -0.25) is 0 Å². The SMILES string of the molecule is COc1ccccc1CCOC(=O)N1CCc2nc[nH]c2C1. The van der Waals surface area contributed by atoms with Gasteiger partial charge in [-0.1, -0.05) is 18.2 Å². The second-order valence-corrected chi connectivity index (χ2v) is 5.18. The van der Waals surface area contributed by atoms with Gasteiger partial charge in [0.1, 0.15) is 5.75 Å². The molecular formula is C16H19N3O3. The number of amides is 1. The van der Waals surface area contributed by atoms with Crippen molar-refractivity contribution in [1.29, 1.82) is 0 Å². The van der Waals surface area contributed by atoms with E-state index < -0.39 is 0 Å². The Hall–Kier alpha value is -2.50. The number of aromatic amines is 1. The first-order chi connectivity index (χ1) is 10.8. The van der Waals surface area contributed by atoms with E-state index in [1.54, 1.807) is 18.3 Å². The molecule has 116 valence electrons. The summed E-state index contributed by atoms with van der Waals surface area (Å²) < 4.78 is 10.7. The van der Waals surface area contributed by atoms with Gasteiger partial charge in [-0.15, -0.1) is 0 Å². The van der Waals surface area contributed by atoms with Crippen LogP contribution in [0.3, 0.4) is 0 Å². The van der Waals surface area contributed by atoms with Crippen molar-refractivity contribution < 1.29 is 14.3 Å². The van der Waals surface area contributed by atoms with Gasteiger partial charge in [-0.2, -0.15) is 0 Å². The molecule has 0 radical (unpaired) electrons. The quantitative estimate of drug-likeness (QED) is 0.939. The normalized spacial score (nSPS) is 13.6. The number of methoxy groups -OCH3 is 1. The van der Waals surface area contributed by atoms with Gasteiger partial charge >= 0.3 is 6.09 Å². The van der Waals surface area contributed by atoms with E-state index in [1.807, 2.05) is 24.3 Å². The largest absolute Gasteiger partial charge is 0.496 e. The van der Waals surface area contributed by atoms with Crippen LogP contribution in [0.1, 0.15) is 17.0 Å². The molecule has 0 fully saturated rings. The number of nitrogens with one attached hydrogen (secondary N) is 1. The third kappa shape index (κ3) is 3.05. The number of rotatable bonds is 4. The Balaban J connectivity index is 1.51. The topological polar surface area (TPSA) is 67.5 Å². The van der Waals surface area contributed by atoms with E-state index in [-0.39, 0.29) is 6.09 Å². The molecule has 1 aromatic heterocycles. The van der Waals surface area contributed by atoms with Crippen LogP contribution in [0, 0.1) is 0 Å². The van der Waals surface area contributed by atoms with Crippen molar-refractivity contribution >= 4 is 6.09 Å². The minimum Gasteiger partial charge on any atom is -0.496 e. The highest BCUT2D eigenvalue weighted by molar-refractivity contribution is 5.68. The van der Waals surface area contributed by atoms with Crippen LogP contribution in [-0.2, 0) is 24.1 Å². The Kier molecular flexibility index (Phi) is 4.27. The highest BCUT2D eigenvalue weighted by Crippen LogP contribution is 2.18. The number of imidazole rings is 1. The van der Waals surface area contributed by atoms with Crippen molar-refractivity contribution in [1.82, 2.24) is 14.9 Å². The van der Waals surface area contributed by atoms with Crippen LogP contribution in [-0.4, -0.2) is 41.2 Å². The molecule has 3 rings (SSSR count). The molecule has 0 atom stereocenters. The van der Waals surface area contributed by atoms with E-state index in [0.717, 1.165) is 29.1 Å². The molecule has 0 aliphatic carbocycles. The monoisotopic (exact) mass is 301 g/mol. The summed E-state index contributed by atoms with van der Waals surface area (Å²) in [6, 6.07) is 7.75. The van der Waals surface area contributed by atoms with Crippen molar-refractivity contribution in [2.24, 2.45) is 0 Å². The summed E-state index contributed by atoms with van der Waals surface area (Å²) in [5.74, 6) is 0.818. The van der Waals surface area contributed by atoms with E-state index in [2.05, 4.69) is 9.97 Å². The fourth-order valence-electron chi connectivity index (χ4n) is 2.62. The Bertz CT molecular complexity index is 654. The standard InChI is InChI=1S/C16H19N3O3/c1-21-15-5-3-2-4-12(15)7-9-22-16(20)19-8-6-13-14(10-19)18-11-17-13/h2-5,11H,6-10H2,1H3,(H,17,18). The van der Waals surface area contributed by atoms with Gasteiger partial charge in [0, 0.05) is 19.4 Å². The van der Waals surface area contributed by atoms with Crippen molar-refractivity contribution in [3.05, 3.63) is 47.5 Å². The van der Waals surface area contributed by atoms with Crippen molar-refractivity contribution in [3.63, 3.8) is 0 Å². The smallest absolute Gasteiger partial charge is 0.410 e. The van der Waals surface area contributed by atoms with Crippen LogP contribution in [0.5, 0.6) is 5.75 Å². The van der Waals surface area contributed by atoms with E-state index in [9.17, 15) is 4.79 Å². The lowest BCUT2D eigenvalue weighted by atomic mass is 10.1. The van der Waals surface area contributed by atoms with Gasteiger partial charge in [-0.25, -0.2) is 9.78 Å². The molecule has 0 saturated carbocycles. The van der Waals surface area contributed by atoms with Crippen molar-refractivity contribution in [3.8, 4) is 5.75 Å². The summed E-state index contributed by atoms with van der Waals surface area (Å²) in [5, 5.41) is 0. The van der Waals surface area contributed by atoms with Gasteiger partial charge in [0.05, 0.1) is 38.0 Å². The molecule has 0 saturated heterocycles. The summed E-state index contributed by atoms with van der Waals surface area (Å²) >= 11 is 0. The summed E-state index contributed by atoms with van der Waals surface area (Å²) in [6.45, 7) is 1.51. The highest BCUT2D eigenvalue weighted by atomic mass is 16.6. The number of benzene rings is 1. The first kappa shape index (κ1) is 14.4. The fourth-order valence-corrected chi connectivity index (χ4v) is 2.62. The summed E-state index contributed by atoms with van der Waals surface area (Å²) in [5.41, 5.74) is 3.07. The lowest BCUT2D eigenvalue weighted by molar-refractivity contribution is 0.0980. The van der Waals surface area contributed by atoms with E-state index in [4.69, 9.17) is 9.47 Å². The average Bonchev–Trinajstić information content (AvgIpc) is 3.02. The molecule has 1 amide bonds. The zero-order valence-corrected chi connectivity index (χ0v) is 12.5. The Labute approximate surface area is 129 Å². The molecule has 22 heavy (non-hydrogen) atoms. The molecule has 6 heteroatoms. The van der Waals surface area contributed by atoms with Crippen LogP contribution in [0.2, 0.25) is 0 Å². The molecule has 1 aliphatic rings. The molecule has 6 nitrogen and oxygen atoms in total. The molecule has 2 aromatic rings. The summed E-state index contributed by atoms with van der Waals surface area (Å²) in [6.07, 6.45) is 2.79. The van der Waals surface area contributed by atoms with Gasteiger partial charge in [0.25, 0.3) is 0 Å². The minimum atomic E-state index is -0.282. The van der Waals surface area contributed by atoms with Crippen LogP contribution < -0.4 is 4.74 Å². The maximum atomic E-state index is 12.1. The lowest BCUT2D eigenvalue weighted by Gasteiger charge is -2.25. The molecule has 1 aromatic carbocycles. The third-order valence-corrected chi connectivity index (χ3v) is 3.82. The summed E-state index contributed by atoms with van der Waals surface area (Å²) in [7, 11) is 1.64. The van der Waals surface area contributed by atoms with Crippen molar-refractivity contribution in [2.75, 3.05) is 20.3 Å². The first-order valence-corrected chi connectivity index (χ1v) is 7.32. The Morgan fingerprint density at radius 3 is 3.14 bits per heavy atom. The molecule has 0 bridgehead atoms. The first-order valence-electron chi connectivity index (χ1n) is 7.32. The molecule has 1 N–H and O–H groups in total. The number of carbonyl (C=O) groups excluding carboxylic acids is 1. The number of nitrogens with zero attached hydrogens (tertiary/aromatic N) is 2. The third-order valence-electron chi connectivity index (χ3n) is 3.82. The number of hydrogen-bond acceptors (Lipinski definition) is 4. The molecule has 0 unspecified atom stereocenters. The second kappa shape index (κ2) is 6.51. The van der Waals surface area contributed by atoms with Crippen LogP contribution in [0.25, 0.3) is 0 Å². The number of aromatic nitrogens is 2. The van der Waals surface area contributed by atoms with E-state index in [1.165, 1.54) is 0 Å². The van der Waals surface area contributed by atoms with E-state index >= 15 is 0 Å². The van der Waals surface area contributed by atoms with Crippen LogP contribution in [0.15, 0.2) is 30.6 Å². The highest BCUT2D eigenvalue weighted by Gasteiger charge is 2.23. The van der Waals surface area contributed by atoms with Gasteiger partial charge in [0.15, 0.2) is 0 Å².